The van der Waals surface area contributed by atoms with Crippen molar-refractivity contribution >= 4 is 34.7 Å². The predicted octanol–water partition coefficient (Wildman–Crippen LogP) is 0.360. The smallest absolute Gasteiger partial charge is 0.334 e. The van der Waals surface area contributed by atoms with Gasteiger partial charge in [-0.1, -0.05) is 55.5 Å². The number of urea groups is 1. The first-order chi connectivity index (χ1) is 17.3. The summed E-state index contributed by atoms with van der Waals surface area (Å²) in [5.41, 5.74) is 18.1. The molecule has 3 rings (SSSR count). The number of primary amides is 1. The number of fused-ring (bicyclic) bond motifs is 1. The van der Waals surface area contributed by atoms with Crippen LogP contribution in [-0.4, -0.2) is 46.9 Å². The van der Waals surface area contributed by atoms with E-state index in [0.717, 1.165) is 22.0 Å². The van der Waals surface area contributed by atoms with Crippen molar-refractivity contribution in [1.29, 1.82) is 0 Å². The van der Waals surface area contributed by atoms with E-state index in [4.69, 9.17) is 11.5 Å². The molecule has 0 unspecified atom stereocenters. The molecule has 0 aliphatic heterocycles. The molecule has 11 heteroatoms. The fourth-order valence-electron chi connectivity index (χ4n) is 3.67. The molecule has 0 saturated heterocycles. The highest BCUT2D eigenvalue weighted by molar-refractivity contribution is 5.93. The summed E-state index contributed by atoms with van der Waals surface area (Å²) in [7, 11) is 0. The predicted molar refractivity (Wildman–Crippen MR) is 135 cm³/mol. The Bertz CT molecular complexity index is 1210. The number of carbonyl (C=O) groups is 4. The zero-order valence-electron chi connectivity index (χ0n) is 19.9. The van der Waals surface area contributed by atoms with Gasteiger partial charge in [0, 0.05) is 29.9 Å². The van der Waals surface area contributed by atoms with Crippen LogP contribution < -0.4 is 33.0 Å². The number of hydrazine groups is 1. The minimum atomic E-state index is -1.06. The number of amides is 5. The topological polar surface area (TPSA) is 184 Å². The van der Waals surface area contributed by atoms with Crippen molar-refractivity contribution < 1.29 is 19.2 Å². The second-order valence-electron chi connectivity index (χ2n) is 8.37. The van der Waals surface area contributed by atoms with Gasteiger partial charge in [-0.2, -0.15) is 0 Å². The molecule has 0 bridgehead atoms. The number of hydrogen-bond acceptors (Lipinski definition) is 5. The fraction of sp³-hybridized carbons (Fsp3) is 0.280. The first-order valence-corrected chi connectivity index (χ1v) is 11.6. The maximum atomic E-state index is 13.2. The minimum Gasteiger partial charge on any atom is -0.368 e. The van der Waals surface area contributed by atoms with E-state index < -0.39 is 41.9 Å². The van der Waals surface area contributed by atoms with Gasteiger partial charge in [0.1, 0.15) is 12.1 Å². The number of aromatic amines is 1. The number of benzene rings is 2. The normalized spacial score (nSPS) is 13.3. The van der Waals surface area contributed by atoms with E-state index in [1.54, 1.807) is 37.4 Å². The average Bonchev–Trinajstić information content (AvgIpc) is 3.29. The van der Waals surface area contributed by atoms with E-state index in [-0.39, 0.29) is 12.8 Å². The van der Waals surface area contributed by atoms with Crippen LogP contribution in [0.5, 0.6) is 0 Å². The highest BCUT2D eigenvalue weighted by Crippen LogP contribution is 2.19. The van der Waals surface area contributed by atoms with E-state index in [0.29, 0.717) is 6.42 Å². The molecule has 2 aromatic carbocycles. The number of carbonyl (C=O) groups excluding carboxylic acids is 4. The number of para-hydroxylation sites is 1. The Labute approximate surface area is 208 Å². The molecule has 1 aromatic heterocycles. The number of nitrogens with one attached hydrogen (secondary N) is 5. The van der Waals surface area contributed by atoms with Crippen LogP contribution in [-0.2, 0) is 27.2 Å². The Balaban J connectivity index is 1.72. The first-order valence-electron chi connectivity index (χ1n) is 11.6. The molecule has 5 amide bonds. The van der Waals surface area contributed by atoms with Gasteiger partial charge in [0.2, 0.25) is 11.8 Å². The summed E-state index contributed by atoms with van der Waals surface area (Å²) in [6, 6.07) is 13.0. The summed E-state index contributed by atoms with van der Waals surface area (Å²) in [5.74, 6) is -1.88. The molecule has 3 atom stereocenters. The molecule has 0 aliphatic carbocycles. The molecular weight excluding hydrogens is 462 g/mol. The SMILES string of the molecule is CC[C@H](N)C(=O)NNC(=O)N[C@@H](Cc1ccccc1)C(=O)N[C@@H](Cc1c[nH]c2ccccc12)C(N)=O. The molecular formula is C25H31N7O4. The summed E-state index contributed by atoms with van der Waals surface area (Å²) >= 11 is 0. The Hall–Kier alpha value is -4.38. The Morgan fingerprint density at radius 2 is 1.56 bits per heavy atom. The Morgan fingerprint density at radius 3 is 2.25 bits per heavy atom. The van der Waals surface area contributed by atoms with Gasteiger partial charge >= 0.3 is 6.03 Å². The van der Waals surface area contributed by atoms with Gasteiger partial charge in [0.25, 0.3) is 5.91 Å². The quantitative estimate of drug-likeness (QED) is 0.201. The molecule has 11 nitrogen and oxygen atoms in total. The zero-order chi connectivity index (χ0) is 26.1. The molecule has 0 radical (unpaired) electrons. The molecule has 1 heterocycles. The van der Waals surface area contributed by atoms with Crippen LogP contribution in [0.4, 0.5) is 4.79 Å². The molecule has 0 fully saturated rings. The summed E-state index contributed by atoms with van der Waals surface area (Å²) in [6.07, 6.45) is 2.46. The number of hydrogen-bond donors (Lipinski definition) is 7. The van der Waals surface area contributed by atoms with E-state index in [1.165, 1.54) is 0 Å². The van der Waals surface area contributed by atoms with Gasteiger partial charge in [0.05, 0.1) is 6.04 Å². The van der Waals surface area contributed by atoms with Crippen LogP contribution in [0.1, 0.15) is 24.5 Å². The Kier molecular flexibility index (Phi) is 9.01. The lowest BCUT2D eigenvalue weighted by Gasteiger charge is -2.22. The third-order valence-corrected chi connectivity index (χ3v) is 5.74. The number of rotatable bonds is 10. The van der Waals surface area contributed by atoms with E-state index in [1.807, 2.05) is 30.3 Å². The number of H-pyrrole nitrogens is 1. The minimum absolute atomic E-state index is 0.140. The third-order valence-electron chi connectivity index (χ3n) is 5.74. The van der Waals surface area contributed by atoms with Crippen molar-refractivity contribution in [3.05, 3.63) is 71.9 Å². The molecule has 36 heavy (non-hydrogen) atoms. The van der Waals surface area contributed by atoms with Gasteiger partial charge in [-0.25, -0.2) is 10.2 Å². The van der Waals surface area contributed by atoms with Crippen LogP contribution in [0.2, 0.25) is 0 Å². The highest BCUT2D eigenvalue weighted by Gasteiger charge is 2.27. The van der Waals surface area contributed by atoms with E-state index in [9.17, 15) is 19.2 Å². The summed E-state index contributed by atoms with van der Waals surface area (Å²) in [4.78, 5) is 52.8. The molecule has 0 spiro atoms. The fourth-order valence-corrected chi connectivity index (χ4v) is 3.67. The van der Waals surface area contributed by atoms with Crippen LogP contribution >= 0.6 is 0 Å². The van der Waals surface area contributed by atoms with Gasteiger partial charge < -0.3 is 27.1 Å². The molecule has 0 aliphatic rings. The summed E-state index contributed by atoms with van der Waals surface area (Å²) in [5, 5.41) is 6.11. The first kappa shape index (κ1) is 26.2. The highest BCUT2D eigenvalue weighted by atomic mass is 16.2. The monoisotopic (exact) mass is 493 g/mol. The molecule has 3 aromatic rings. The maximum Gasteiger partial charge on any atom is 0.334 e. The van der Waals surface area contributed by atoms with E-state index >= 15 is 0 Å². The molecule has 9 N–H and O–H groups in total. The lowest BCUT2D eigenvalue weighted by atomic mass is 10.0. The third kappa shape index (κ3) is 7.06. The Morgan fingerprint density at radius 1 is 0.861 bits per heavy atom. The van der Waals surface area contributed by atoms with Crippen molar-refractivity contribution in [2.45, 2.75) is 44.3 Å². The van der Waals surface area contributed by atoms with Gasteiger partial charge in [-0.3, -0.25) is 19.8 Å². The van der Waals surface area contributed by atoms with Crippen molar-refractivity contribution in [1.82, 2.24) is 26.5 Å². The van der Waals surface area contributed by atoms with Gasteiger partial charge in [-0.15, -0.1) is 0 Å². The van der Waals surface area contributed by atoms with Crippen molar-refractivity contribution in [3.8, 4) is 0 Å². The molecule has 0 saturated carbocycles. The summed E-state index contributed by atoms with van der Waals surface area (Å²) < 4.78 is 0. The number of nitrogens with two attached hydrogens (primary N) is 2. The standard InChI is InChI=1S/C25H31N7O4/c1-2-18(26)23(34)31-32-25(36)30-21(12-15-8-4-3-5-9-15)24(35)29-20(22(27)33)13-16-14-28-19-11-7-6-10-17(16)19/h3-11,14,18,20-21,28H,2,12-13,26H2,1H3,(H2,27,33)(H,29,35)(H,31,34)(H2,30,32,36)/t18-,20-,21-/m0/s1. The van der Waals surface area contributed by atoms with Crippen molar-refractivity contribution in [2.24, 2.45) is 11.5 Å². The summed E-state index contributed by atoms with van der Waals surface area (Å²) in [6.45, 7) is 1.73. The zero-order valence-corrected chi connectivity index (χ0v) is 19.9. The maximum absolute atomic E-state index is 13.2. The second kappa shape index (κ2) is 12.4. The average molecular weight is 494 g/mol. The van der Waals surface area contributed by atoms with Crippen LogP contribution in [0.3, 0.4) is 0 Å². The molecule has 190 valence electrons. The lowest BCUT2D eigenvalue weighted by Crippen LogP contribution is -2.58. The van der Waals surface area contributed by atoms with Gasteiger partial charge in [-0.05, 0) is 23.6 Å². The van der Waals surface area contributed by atoms with Crippen LogP contribution in [0, 0.1) is 0 Å². The van der Waals surface area contributed by atoms with Gasteiger partial charge in [0.15, 0.2) is 0 Å². The lowest BCUT2D eigenvalue weighted by molar-refractivity contribution is -0.128. The van der Waals surface area contributed by atoms with Crippen LogP contribution in [0.15, 0.2) is 60.8 Å². The van der Waals surface area contributed by atoms with E-state index in [2.05, 4.69) is 26.5 Å². The second-order valence-corrected chi connectivity index (χ2v) is 8.37. The van der Waals surface area contributed by atoms with Crippen molar-refractivity contribution in [2.75, 3.05) is 0 Å². The number of aromatic nitrogens is 1. The van der Waals surface area contributed by atoms with Crippen molar-refractivity contribution in [3.63, 3.8) is 0 Å². The largest absolute Gasteiger partial charge is 0.368 e. The van der Waals surface area contributed by atoms with Crippen LogP contribution in [0.25, 0.3) is 10.9 Å².